The van der Waals surface area contributed by atoms with E-state index in [0.29, 0.717) is 30.2 Å². The molecule has 0 spiro atoms. The van der Waals surface area contributed by atoms with Gasteiger partial charge in [-0.1, -0.05) is 0 Å². The second-order valence-electron chi connectivity index (χ2n) is 6.78. The number of anilines is 1. The van der Waals surface area contributed by atoms with Crippen molar-refractivity contribution in [3.63, 3.8) is 0 Å². The minimum Gasteiger partial charge on any atom is -0.472 e. The monoisotopic (exact) mass is 394 g/mol. The largest absolute Gasteiger partial charge is 0.472 e. The zero-order chi connectivity index (χ0) is 19.6. The molecule has 2 aromatic rings. The van der Waals surface area contributed by atoms with Crippen molar-refractivity contribution in [2.45, 2.75) is 30.8 Å². The molecule has 0 bridgehead atoms. The highest BCUT2D eigenvalue weighted by molar-refractivity contribution is 7.89. The van der Waals surface area contributed by atoms with Gasteiger partial charge in [-0.15, -0.1) is 10.2 Å². The Kier molecular flexibility index (Phi) is 5.61. The summed E-state index contributed by atoms with van der Waals surface area (Å²) in [7, 11) is 0.0252. The lowest BCUT2D eigenvalue weighted by molar-refractivity contribution is 0.123. The zero-order valence-electron chi connectivity index (χ0n) is 15.6. The van der Waals surface area contributed by atoms with Crippen LogP contribution in [0.2, 0.25) is 0 Å². The predicted octanol–water partition coefficient (Wildman–Crippen LogP) is 2.22. The maximum atomic E-state index is 13.3. The molecular weight excluding hydrogens is 371 g/mol. The molecule has 7 nitrogen and oxygen atoms in total. The lowest BCUT2D eigenvalue weighted by Gasteiger charge is -2.32. The fourth-order valence-electron chi connectivity index (χ4n) is 3.05. The molecule has 1 fully saturated rings. The van der Waals surface area contributed by atoms with Crippen molar-refractivity contribution in [3.8, 4) is 5.88 Å². The molecule has 0 N–H and O–H groups in total. The highest BCUT2D eigenvalue weighted by Gasteiger charge is 2.32. The Labute approximate surface area is 158 Å². The van der Waals surface area contributed by atoms with Crippen LogP contribution in [0.25, 0.3) is 0 Å². The Hall–Kier alpha value is -2.26. The van der Waals surface area contributed by atoms with Crippen molar-refractivity contribution in [3.05, 3.63) is 41.7 Å². The van der Waals surface area contributed by atoms with E-state index >= 15 is 0 Å². The van der Waals surface area contributed by atoms with E-state index < -0.39 is 15.8 Å². The number of hydrogen-bond donors (Lipinski definition) is 0. The first-order valence-corrected chi connectivity index (χ1v) is 10.2. The van der Waals surface area contributed by atoms with Crippen molar-refractivity contribution in [1.29, 1.82) is 0 Å². The molecule has 1 aliphatic rings. The lowest BCUT2D eigenvalue weighted by atomic mass is 10.1. The van der Waals surface area contributed by atoms with E-state index in [1.54, 1.807) is 19.1 Å². The summed E-state index contributed by atoms with van der Waals surface area (Å²) in [5.41, 5.74) is 0.392. The van der Waals surface area contributed by atoms with Crippen LogP contribution in [0.3, 0.4) is 0 Å². The maximum absolute atomic E-state index is 13.3. The van der Waals surface area contributed by atoms with Crippen molar-refractivity contribution >= 4 is 15.8 Å². The molecule has 1 aromatic heterocycles. The number of nitrogens with zero attached hydrogens (tertiary/aromatic N) is 4. The van der Waals surface area contributed by atoms with Crippen LogP contribution in [0, 0.1) is 12.7 Å². The van der Waals surface area contributed by atoms with Gasteiger partial charge in [0.1, 0.15) is 11.9 Å². The topological polar surface area (TPSA) is 75.6 Å². The van der Waals surface area contributed by atoms with Crippen LogP contribution in [-0.2, 0) is 10.0 Å². The summed E-state index contributed by atoms with van der Waals surface area (Å²) >= 11 is 0. The number of benzene rings is 1. The van der Waals surface area contributed by atoms with E-state index in [2.05, 4.69) is 10.2 Å². The maximum Gasteiger partial charge on any atom is 0.243 e. The molecule has 1 saturated heterocycles. The number of halogens is 1. The fraction of sp³-hybridized carbons (Fsp3) is 0.444. The third-order valence-electron chi connectivity index (χ3n) is 4.47. The molecule has 27 heavy (non-hydrogen) atoms. The Morgan fingerprint density at radius 1 is 1.22 bits per heavy atom. The Morgan fingerprint density at radius 3 is 2.63 bits per heavy atom. The molecule has 1 aromatic carbocycles. The summed E-state index contributed by atoms with van der Waals surface area (Å²) in [6.45, 7) is 2.22. The van der Waals surface area contributed by atoms with Gasteiger partial charge in [-0.05, 0) is 49.6 Å². The van der Waals surface area contributed by atoms with Gasteiger partial charge < -0.3 is 9.64 Å². The number of ether oxygens (including phenoxy) is 1. The van der Waals surface area contributed by atoms with Crippen LogP contribution in [0.1, 0.15) is 18.4 Å². The number of aryl methyl sites for hydroxylation is 1. The number of piperidine rings is 1. The van der Waals surface area contributed by atoms with Crippen LogP contribution in [-0.4, -0.2) is 56.2 Å². The average Bonchev–Trinajstić information content (AvgIpc) is 2.62. The SMILES string of the molecule is Cc1cc(F)ccc1S(=O)(=O)N1CCCC(Oc2ccc(N(C)C)nn2)C1. The van der Waals surface area contributed by atoms with Gasteiger partial charge in [-0.2, -0.15) is 4.31 Å². The van der Waals surface area contributed by atoms with E-state index in [0.717, 1.165) is 6.42 Å². The summed E-state index contributed by atoms with van der Waals surface area (Å²) in [6, 6.07) is 7.23. The Balaban J connectivity index is 1.73. The summed E-state index contributed by atoms with van der Waals surface area (Å²) in [5.74, 6) is 0.621. The second-order valence-corrected chi connectivity index (χ2v) is 8.69. The summed E-state index contributed by atoms with van der Waals surface area (Å²) in [6.07, 6.45) is 1.09. The normalized spacial score (nSPS) is 18.3. The predicted molar refractivity (Wildman–Crippen MR) is 99.9 cm³/mol. The molecular formula is C18H23FN4O3S. The molecule has 2 heterocycles. The van der Waals surface area contributed by atoms with Gasteiger partial charge in [0.25, 0.3) is 0 Å². The van der Waals surface area contributed by atoms with Crippen molar-refractivity contribution < 1.29 is 17.5 Å². The van der Waals surface area contributed by atoms with Crippen molar-refractivity contribution in [1.82, 2.24) is 14.5 Å². The van der Waals surface area contributed by atoms with Gasteiger partial charge in [-0.3, -0.25) is 0 Å². The van der Waals surface area contributed by atoms with Crippen LogP contribution < -0.4 is 9.64 Å². The van der Waals surface area contributed by atoms with Crippen LogP contribution in [0.4, 0.5) is 10.2 Å². The third-order valence-corrected chi connectivity index (χ3v) is 6.49. The summed E-state index contributed by atoms with van der Waals surface area (Å²) in [5, 5.41) is 8.10. The smallest absolute Gasteiger partial charge is 0.243 e. The molecule has 1 unspecified atom stereocenters. The Bertz CT molecular complexity index is 903. The molecule has 9 heteroatoms. The van der Waals surface area contributed by atoms with E-state index in [1.807, 2.05) is 19.0 Å². The molecule has 0 saturated carbocycles. The molecule has 0 radical (unpaired) electrons. The molecule has 0 amide bonds. The van der Waals surface area contributed by atoms with E-state index in [4.69, 9.17) is 4.74 Å². The van der Waals surface area contributed by atoms with Crippen LogP contribution in [0.15, 0.2) is 35.2 Å². The van der Waals surface area contributed by atoms with E-state index in [-0.39, 0.29) is 17.5 Å². The van der Waals surface area contributed by atoms with Crippen LogP contribution >= 0.6 is 0 Å². The van der Waals surface area contributed by atoms with Gasteiger partial charge in [0.2, 0.25) is 15.9 Å². The minimum absolute atomic E-state index is 0.125. The molecule has 146 valence electrons. The molecule has 0 aliphatic carbocycles. The zero-order valence-corrected chi connectivity index (χ0v) is 16.4. The number of sulfonamides is 1. The first kappa shape index (κ1) is 19.5. The van der Waals surface area contributed by atoms with E-state index in [9.17, 15) is 12.8 Å². The summed E-state index contributed by atoms with van der Waals surface area (Å²) < 4.78 is 46.5. The standard InChI is InChI=1S/C18H23FN4O3S/c1-13-11-14(19)6-7-16(13)27(24,25)23-10-4-5-15(12-23)26-18-9-8-17(20-21-18)22(2)3/h6-9,11,15H,4-5,10,12H2,1-3H3. The average molecular weight is 394 g/mol. The third kappa shape index (κ3) is 4.36. The van der Waals surface area contributed by atoms with Gasteiger partial charge >= 0.3 is 0 Å². The van der Waals surface area contributed by atoms with Crippen molar-refractivity contribution in [2.24, 2.45) is 0 Å². The first-order valence-electron chi connectivity index (χ1n) is 8.71. The molecule has 3 rings (SSSR count). The number of rotatable bonds is 5. The second kappa shape index (κ2) is 7.77. The van der Waals surface area contributed by atoms with Gasteiger partial charge in [0.05, 0.1) is 11.4 Å². The quantitative estimate of drug-likeness (QED) is 0.774. The van der Waals surface area contributed by atoms with Gasteiger partial charge in [-0.25, -0.2) is 12.8 Å². The lowest BCUT2D eigenvalue weighted by Crippen LogP contribution is -2.44. The minimum atomic E-state index is -3.71. The van der Waals surface area contributed by atoms with Gasteiger partial charge in [0.15, 0.2) is 5.82 Å². The molecule has 1 atom stereocenters. The Morgan fingerprint density at radius 2 is 2.00 bits per heavy atom. The number of aromatic nitrogens is 2. The highest BCUT2D eigenvalue weighted by Crippen LogP contribution is 2.25. The first-order chi connectivity index (χ1) is 12.8. The van der Waals surface area contributed by atoms with E-state index in [1.165, 1.54) is 22.5 Å². The highest BCUT2D eigenvalue weighted by atomic mass is 32.2. The number of hydrogen-bond acceptors (Lipinski definition) is 6. The fourth-order valence-corrected chi connectivity index (χ4v) is 4.76. The summed E-state index contributed by atoms with van der Waals surface area (Å²) in [4.78, 5) is 1.95. The van der Waals surface area contributed by atoms with Gasteiger partial charge in [0, 0.05) is 26.7 Å². The van der Waals surface area contributed by atoms with Crippen LogP contribution in [0.5, 0.6) is 5.88 Å². The van der Waals surface area contributed by atoms with Crippen molar-refractivity contribution in [2.75, 3.05) is 32.1 Å². The molecule has 1 aliphatic heterocycles.